The average Bonchev–Trinajstić information content (AvgIpc) is 2.77. The van der Waals surface area contributed by atoms with E-state index in [-0.39, 0.29) is 23.4 Å². The molecule has 2 aromatic carbocycles. The molecule has 1 aliphatic rings. The van der Waals surface area contributed by atoms with E-state index in [9.17, 15) is 18.0 Å². The predicted octanol–water partition coefficient (Wildman–Crippen LogP) is 1.62. The molecule has 0 saturated heterocycles. The highest BCUT2D eigenvalue weighted by Crippen LogP contribution is 2.25. The van der Waals surface area contributed by atoms with Gasteiger partial charge in [-0.2, -0.15) is 9.57 Å². The Hall–Kier alpha value is -3.22. The predicted molar refractivity (Wildman–Crippen MR) is 108 cm³/mol. The maximum Gasteiger partial charge on any atom is 0.338 e. The first-order valence-corrected chi connectivity index (χ1v) is 10.8. The molecule has 30 heavy (non-hydrogen) atoms. The number of fused-ring (bicyclic) bond motifs is 1. The van der Waals surface area contributed by atoms with Gasteiger partial charge in [0.25, 0.3) is 5.91 Å². The average molecular weight is 427 g/mol. The van der Waals surface area contributed by atoms with Crippen LogP contribution in [-0.4, -0.2) is 44.3 Å². The van der Waals surface area contributed by atoms with Crippen LogP contribution in [0.4, 0.5) is 0 Å². The van der Waals surface area contributed by atoms with Gasteiger partial charge in [0.1, 0.15) is 0 Å². The second kappa shape index (κ2) is 9.52. The Labute approximate surface area is 175 Å². The van der Waals surface area contributed by atoms with Crippen LogP contribution in [0, 0.1) is 11.3 Å². The summed E-state index contributed by atoms with van der Waals surface area (Å²) in [6, 6.07) is 15.1. The van der Waals surface area contributed by atoms with Gasteiger partial charge in [0.05, 0.1) is 22.9 Å². The van der Waals surface area contributed by atoms with Crippen LogP contribution in [0.2, 0.25) is 0 Å². The number of sulfonamides is 1. The van der Waals surface area contributed by atoms with Crippen LogP contribution < -0.4 is 5.32 Å². The van der Waals surface area contributed by atoms with Gasteiger partial charge in [0.15, 0.2) is 6.61 Å². The summed E-state index contributed by atoms with van der Waals surface area (Å²) in [7, 11) is -3.70. The molecule has 1 heterocycles. The molecule has 0 spiro atoms. The van der Waals surface area contributed by atoms with Crippen molar-refractivity contribution in [3.05, 3.63) is 65.2 Å². The standard InChI is InChI=1S/C21H21N3O5S/c22-11-3-12-23-20(25)15-29-21(26)17-6-8-19(9-7-17)30(27,28)24-13-10-16-4-1-2-5-18(16)14-24/h1-2,4-9H,3,10,12-15H2,(H,23,25). The SMILES string of the molecule is N#CCCNC(=O)COC(=O)c1ccc(S(=O)(=O)N2CCc3ccccc3C2)cc1. The molecular weight excluding hydrogens is 406 g/mol. The van der Waals surface area contributed by atoms with Crippen LogP contribution in [0.15, 0.2) is 53.4 Å². The van der Waals surface area contributed by atoms with E-state index in [1.165, 1.54) is 28.6 Å². The summed E-state index contributed by atoms with van der Waals surface area (Å²) in [6.45, 7) is 0.408. The van der Waals surface area contributed by atoms with E-state index in [4.69, 9.17) is 10.00 Å². The van der Waals surface area contributed by atoms with Crippen LogP contribution in [0.5, 0.6) is 0 Å². The molecule has 9 heteroatoms. The molecule has 1 amide bonds. The summed E-state index contributed by atoms with van der Waals surface area (Å²) in [5, 5.41) is 10.9. The highest BCUT2D eigenvalue weighted by molar-refractivity contribution is 7.89. The van der Waals surface area contributed by atoms with Crippen LogP contribution in [0.1, 0.15) is 27.9 Å². The first kappa shape index (κ1) is 21.5. The van der Waals surface area contributed by atoms with Crippen LogP contribution in [-0.2, 0) is 32.5 Å². The van der Waals surface area contributed by atoms with Crippen molar-refractivity contribution in [2.45, 2.75) is 24.3 Å². The van der Waals surface area contributed by atoms with Crippen LogP contribution in [0.25, 0.3) is 0 Å². The van der Waals surface area contributed by atoms with Crippen molar-refractivity contribution in [3.63, 3.8) is 0 Å². The van der Waals surface area contributed by atoms with Gasteiger partial charge in [-0.25, -0.2) is 13.2 Å². The summed E-state index contributed by atoms with van der Waals surface area (Å²) in [5.74, 6) is -1.25. The van der Waals surface area contributed by atoms with Gasteiger partial charge >= 0.3 is 5.97 Å². The first-order chi connectivity index (χ1) is 14.4. The van der Waals surface area contributed by atoms with Crippen LogP contribution >= 0.6 is 0 Å². The Kier molecular flexibility index (Phi) is 6.82. The Morgan fingerprint density at radius 3 is 2.50 bits per heavy atom. The van der Waals surface area contributed by atoms with Gasteiger partial charge < -0.3 is 10.1 Å². The van der Waals surface area contributed by atoms with Crippen LogP contribution in [0.3, 0.4) is 0 Å². The molecule has 0 aliphatic carbocycles. The molecule has 156 valence electrons. The van der Waals surface area contributed by atoms with Gasteiger partial charge in [-0.05, 0) is 41.8 Å². The Bertz CT molecular complexity index is 1070. The van der Waals surface area contributed by atoms with Gasteiger partial charge in [-0.1, -0.05) is 24.3 Å². The number of nitrogens with one attached hydrogen (secondary N) is 1. The van der Waals surface area contributed by atoms with Gasteiger partial charge in [0.2, 0.25) is 10.0 Å². The normalized spacial score (nSPS) is 13.7. The minimum Gasteiger partial charge on any atom is -0.452 e. The largest absolute Gasteiger partial charge is 0.452 e. The molecule has 1 N–H and O–H groups in total. The third kappa shape index (κ3) is 5.03. The second-order valence-corrected chi connectivity index (χ2v) is 8.65. The summed E-state index contributed by atoms with van der Waals surface area (Å²) in [4.78, 5) is 23.7. The maximum absolute atomic E-state index is 13.0. The van der Waals surface area contributed by atoms with Crippen molar-refractivity contribution in [2.75, 3.05) is 19.7 Å². The number of nitrogens with zero attached hydrogens (tertiary/aromatic N) is 2. The van der Waals surface area contributed by atoms with Crippen molar-refractivity contribution >= 4 is 21.9 Å². The van der Waals surface area contributed by atoms with E-state index in [2.05, 4.69) is 5.32 Å². The Morgan fingerprint density at radius 2 is 1.80 bits per heavy atom. The Morgan fingerprint density at radius 1 is 1.10 bits per heavy atom. The zero-order chi connectivity index (χ0) is 21.6. The fraction of sp³-hybridized carbons (Fsp3) is 0.286. The number of ether oxygens (including phenoxy) is 1. The number of carbonyl (C=O) groups excluding carboxylic acids is 2. The molecule has 0 radical (unpaired) electrons. The summed E-state index contributed by atoms with van der Waals surface area (Å²) < 4.78 is 32.2. The molecule has 0 unspecified atom stereocenters. The molecule has 0 fully saturated rings. The van der Waals surface area contributed by atoms with Gasteiger partial charge in [-0.3, -0.25) is 4.79 Å². The third-order valence-electron chi connectivity index (χ3n) is 4.72. The lowest BCUT2D eigenvalue weighted by Gasteiger charge is -2.28. The molecule has 1 aliphatic heterocycles. The maximum atomic E-state index is 13.0. The second-order valence-electron chi connectivity index (χ2n) is 6.72. The van der Waals surface area contributed by atoms with E-state index in [1.54, 1.807) is 0 Å². The quantitative estimate of drug-likeness (QED) is 0.530. The van der Waals surface area contributed by atoms with E-state index in [0.29, 0.717) is 19.5 Å². The third-order valence-corrected chi connectivity index (χ3v) is 6.58. The zero-order valence-electron chi connectivity index (χ0n) is 16.2. The summed E-state index contributed by atoms with van der Waals surface area (Å²) >= 11 is 0. The minimum absolute atomic E-state index is 0.0904. The fourth-order valence-corrected chi connectivity index (χ4v) is 4.53. The molecule has 2 aromatic rings. The molecule has 0 saturated carbocycles. The number of rotatable bonds is 7. The van der Waals surface area contributed by atoms with Crippen molar-refractivity contribution in [3.8, 4) is 6.07 Å². The summed E-state index contributed by atoms with van der Waals surface area (Å²) in [6.07, 6.45) is 0.814. The lowest BCUT2D eigenvalue weighted by atomic mass is 10.0. The van der Waals surface area contributed by atoms with Gasteiger partial charge in [0, 0.05) is 19.6 Å². The minimum atomic E-state index is -3.70. The number of hydrogen-bond acceptors (Lipinski definition) is 6. The van der Waals surface area contributed by atoms with E-state index in [0.717, 1.165) is 11.1 Å². The van der Waals surface area contributed by atoms with E-state index >= 15 is 0 Å². The number of nitriles is 1. The molecular formula is C21H21N3O5S. The monoisotopic (exact) mass is 427 g/mol. The highest BCUT2D eigenvalue weighted by Gasteiger charge is 2.28. The number of hydrogen-bond donors (Lipinski definition) is 1. The molecule has 0 atom stereocenters. The fourth-order valence-electron chi connectivity index (χ4n) is 3.11. The summed E-state index contributed by atoms with van der Waals surface area (Å²) in [5.41, 5.74) is 2.28. The first-order valence-electron chi connectivity index (χ1n) is 9.39. The zero-order valence-corrected chi connectivity index (χ0v) is 17.0. The Balaban J connectivity index is 1.61. The van der Waals surface area contributed by atoms with Gasteiger partial charge in [-0.15, -0.1) is 0 Å². The smallest absolute Gasteiger partial charge is 0.338 e. The van der Waals surface area contributed by atoms with Crippen molar-refractivity contribution < 1.29 is 22.7 Å². The lowest BCUT2D eigenvalue weighted by molar-refractivity contribution is -0.124. The molecule has 0 bridgehead atoms. The highest BCUT2D eigenvalue weighted by atomic mass is 32.2. The number of amides is 1. The number of esters is 1. The van der Waals surface area contributed by atoms with Crippen molar-refractivity contribution in [2.24, 2.45) is 0 Å². The number of carbonyl (C=O) groups is 2. The molecule has 0 aromatic heterocycles. The topological polar surface area (TPSA) is 117 Å². The van der Waals surface area contributed by atoms with E-state index < -0.39 is 28.5 Å². The lowest BCUT2D eigenvalue weighted by Crippen LogP contribution is -2.35. The van der Waals surface area contributed by atoms with Crippen molar-refractivity contribution in [1.29, 1.82) is 5.26 Å². The molecule has 8 nitrogen and oxygen atoms in total. The van der Waals surface area contributed by atoms with Crippen molar-refractivity contribution in [1.82, 2.24) is 9.62 Å². The number of benzene rings is 2. The molecule has 3 rings (SSSR count). The van der Waals surface area contributed by atoms with E-state index in [1.807, 2.05) is 30.3 Å².